The molecule has 0 atom stereocenters. The molecule has 1 heterocycles. The van der Waals surface area contributed by atoms with Gasteiger partial charge in [-0.1, -0.05) is 11.6 Å². The number of nitrogens with two attached hydrogens (primary N) is 1. The number of nitrogens with zero attached hydrogens (tertiary/aromatic N) is 2. The maximum absolute atomic E-state index is 13.5. The molecule has 1 aliphatic carbocycles. The third-order valence-corrected chi connectivity index (χ3v) is 3.61. The first-order valence-electron chi connectivity index (χ1n) is 6.44. The van der Waals surface area contributed by atoms with Crippen LogP contribution in [0.25, 0.3) is 11.0 Å². The second-order valence-corrected chi connectivity index (χ2v) is 5.38. The van der Waals surface area contributed by atoms with Gasteiger partial charge in [0.25, 0.3) is 0 Å². The van der Waals surface area contributed by atoms with Crippen molar-refractivity contribution in [2.75, 3.05) is 5.73 Å². The summed E-state index contributed by atoms with van der Waals surface area (Å²) in [6.07, 6.45) is 2.38. The molecule has 1 aliphatic rings. The van der Waals surface area contributed by atoms with Crippen molar-refractivity contribution in [3.8, 4) is 0 Å². The summed E-state index contributed by atoms with van der Waals surface area (Å²) < 4.78 is 15.2. The van der Waals surface area contributed by atoms with Crippen molar-refractivity contribution in [3.05, 3.63) is 23.0 Å². The molecule has 20 heavy (non-hydrogen) atoms. The van der Waals surface area contributed by atoms with Gasteiger partial charge in [-0.2, -0.15) is 0 Å². The highest BCUT2D eigenvalue weighted by Gasteiger charge is 2.23. The van der Waals surface area contributed by atoms with Crippen LogP contribution in [0, 0.1) is 5.82 Å². The van der Waals surface area contributed by atoms with Crippen LogP contribution in [0.5, 0.6) is 0 Å². The zero-order chi connectivity index (χ0) is 14.3. The average molecular weight is 297 g/mol. The molecule has 1 aromatic carbocycles. The van der Waals surface area contributed by atoms with Crippen molar-refractivity contribution in [3.63, 3.8) is 0 Å². The molecule has 0 spiro atoms. The smallest absolute Gasteiger partial charge is 0.222 e. The monoisotopic (exact) mass is 296 g/mol. The number of aromatic nitrogens is 2. The van der Waals surface area contributed by atoms with Crippen molar-refractivity contribution < 1.29 is 9.18 Å². The number of anilines is 1. The van der Waals surface area contributed by atoms with Crippen LogP contribution in [0.2, 0.25) is 5.02 Å². The van der Waals surface area contributed by atoms with Crippen LogP contribution < -0.4 is 11.1 Å². The van der Waals surface area contributed by atoms with Crippen LogP contribution >= 0.6 is 11.6 Å². The summed E-state index contributed by atoms with van der Waals surface area (Å²) in [6.45, 7) is 0.363. The van der Waals surface area contributed by atoms with Crippen molar-refractivity contribution in [1.29, 1.82) is 0 Å². The number of halogens is 2. The molecule has 0 unspecified atom stereocenters. The highest BCUT2D eigenvalue weighted by atomic mass is 35.5. The van der Waals surface area contributed by atoms with Crippen LogP contribution in [-0.2, 0) is 11.3 Å². The number of aryl methyl sites for hydroxylation is 1. The fourth-order valence-corrected chi connectivity index (χ4v) is 2.27. The lowest BCUT2D eigenvalue weighted by atomic mass is 10.3. The fraction of sp³-hybridized carbons (Fsp3) is 0.385. The first kappa shape index (κ1) is 13.2. The van der Waals surface area contributed by atoms with E-state index in [1.807, 2.05) is 0 Å². The minimum absolute atomic E-state index is 0.00799. The van der Waals surface area contributed by atoms with E-state index >= 15 is 0 Å². The van der Waals surface area contributed by atoms with Crippen LogP contribution in [-0.4, -0.2) is 21.5 Å². The number of benzene rings is 1. The summed E-state index contributed by atoms with van der Waals surface area (Å²) in [4.78, 5) is 15.8. The summed E-state index contributed by atoms with van der Waals surface area (Å²) in [5.41, 5.74) is 6.88. The molecule has 1 saturated carbocycles. The molecule has 5 nitrogen and oxygen atoms in total. The first-order chi connectivity index (χ1) is 9.54. The van der Waals surface area contributed by atoms with Crippen molar-refractivity contribution >= 4 is 34.5 Å². The van der Waals surface area contributed by atoms with Gasteiger partial charge in [0.1, 0.15) is 5.82 Å². The van der Waals surface area contributed by atoms with Crippen LogP contribution in [0.4, 0.5) is 10.3 Å². The zero-order valence-electron chi connectivity index (χ0n) is 10.7. The summed E-state index contributed by atoms with van der Waals surface area (Å²) in [5, 5.41) is 2.90. The van der Waals surface area contributed by atoms with E-state index in [1.54, 1.807) is 4.57 Å². The van der Waals surface area contributed by atoms with Crippen LogP contribution in [0.15, 0.2) is 12.1 Å². The predicted molar refractivity (Wildman–Crippen MR) is 74.9 cm³/mol. The molecule has 106 valence electrons. The maximum atomic E-state index is 13.5. The van der Waals surface area contributed by atoms with E-state index in [1.165, 1.54) is 12.1 Å². The van der Waals surface area contributed by atoms with E-state index in [2.05, 4.69) is 10.3 Å². The minimum atomic E-state index is -0.525. The molecule has 0 bridgehead atoms. The predicted octanol–water partition coefficient (Wildman–Crippen LogP) is 2.08. The lowest BCUT2D eigenvalue weighted by Crippen LogP contribution is -2.26. The Labute approximate surface area is 119 Å². The molecule has 0 saturated heterocycles. The second-order valence-electron chi connectivity index (χ2n) is 4.97. The highest BCUT2D eigenvalue weighted by Crippen LogP contribution is 2.25. The highest BCUT2D eigenvalue weighted by molar-refractivity contribution is 6.31. The van der Waals surface area contributed by atoms with Gasteiger partial charge in [0.2, 0.25) is 11.9 Å². The quantitative estimate of drug-likeness (QED) is 0.907. The topological polar surface area (TPSA) is 72.9 Å². The molecule has 0 radical (unpaired) electrons. The van der Waals surface area contributed by atoms with Crippen LogP contribution in [0.3, 0.4) is 0 Å². The fourth-order valence-electron chi connectivity index (χ4n) is 2.11. The number of nitrogen functional groups attached to an aromatic ring is 1. The normalized spacial score (nSPS) is 14.7. The van der Waals surface area contributed by atoms with Gasteiger partial charge in [0, 0.05) is 25.1 Å². The Morgan fingerprint density at radius 3 is 3.00 bits per heavy atom. The Morgan fingerprint density at radius 2 is 2.30 bits per heavy atom. The Morgan fingerprint density at radius 1 is 1.55 bits per heavy atom. The number of rotatable bonds is 4. The first-order valence-corrected chi connectivity index (χ1v) is 6.82. The lowest BCUT2D eigenvalue weighted by molar-refractivity contribution is -0.121. The van der Waals surface area contributed by atoms with Crippen molar-refractivity contribution in [2.45, 2.75) is 31.8 Å². The van der Waals surface area contributed by atoms with E-state index in [9.17, 15) is 9.18 Å². The summed E-state index contributed by atoms with van der Waals surface area (Å²) in [7, 11) is 0. The van der Waals surface area contributed by atoms with Gasteiger partial charge in [-0.3, -0.25) is 4.79 Å². The third kappa shape index (κ3) is 2.56. The number of nitrogens with one attached hydrogen (secondary N) is 1. The van der Waals surface area contributed by atoms with E-state index in [0.717, 1.165) is 12.8 Å². The molecule has 1 fully saturated rings. The number of amides is 1. The van der Waals surface area contributed by atoms with Crippen molar-refractivity contribution in [2.24, 2.45) is 0 Å². The van der Waals surface area contributed by atoms with Crippen LogP contribution in [0.1, 0.15) is 19.3 Å². The largest absolute Gasteiger partial charge is 0.369 e. The Bertz CT molecular complexity index is 681. The Hall–Kier alpha value is -1.82. The molecule has 3 rings (SSSR count). The molecular weight excluding hydrogens is 283 g/mol. The zero-order valence-corrected chi connectivity index (χ0v) is 11.5. The van der Waals surface area contributed by atoms with Gasteiger partial charge < -0.3 is 15.6 Å². The van der Waals surface area contributed by atoms with E-state index in [-0.39, 0.29) is 23.3 Å². The average Bonchev–Trinajstić information content (AvgIpc) is 3.13. The molecule has 1 amide bonds. The van der Waals surface area contributed by atoms with Gasteiger partial charge in [0.15, 0.2) is 0 Å². The summed E-state index contributed by atoms with van der Waals surface area (Å²) in [5.74, 6) is -0.299. The number of hydrogen-bond donors (Lipinski definition) is 2. The molecule has 3 N–H and O–H groups in total. The minimum Gasteiger partial charge on any atom is -0.369 e. The maximum Gasteiger partial charge on any atom is 0.222 e. The third-order valence-electron chi connectivity index (χ3n) is 3.32. The van der Waals surface area contributed by atoms with E-state index in [4.69, 9.17) is 17.3 Å². The molecular formula is C13H14ClFN4O. The number of carbonyl (C=O) groups excluding carboxylic acids is 1. The lowest BCUT2D eigenvalue weighted by Gasteiger charge is -2.07. The number of imidazole rings is 1. The van der Waals surface area contributed by atoms with Gasteiger partial charge >= 0.3 is 0 Å². The standard InChI is InChI=1S/C13H14ClFN4O/c14-8-5-10-11(6-9(8)15)19(13(16)18-10)4-3-12(20)17-7-1-2-7/h5-7H,1-4H2,(H2,16,18)(H,17,20). The van der Waals surface area contributed by atoms with Gasteiger partial charge in [-0.25, -0.2) is 9.37 Å². The number of hydrogen-bond acceptors (Lipinski definition) is 3. The second kappa shape index (κ2) is 4.94. The van der Waals surface area contributed by atoms with E-state index < -0.39 is 5.82 Å². The Balaban J connectivity index is 1.81. The Kier molecular flexibility index (Phi) is 3.25. The van der Waals surface area contributed by atoms with Crippen molar-refractivity contribution in [1.82, 2.24) is 14.9 Å². The molecule has 0 aliphatic heterocycles. The number of fused-ring (bicyclic) bond motifs is 1. The molecule has 1 aromatic heterocycles. The van der Waals surface area contributed by atoms with Gasteiger partial charge in [0.05, 0.1) is 16.1 Å². The number of carbonyl (C=O) groups is 1. The van der Waals surface area contributed by atoms with E-state index in [0.29, 0.717) is 23.6 Å². The summed E-state index contributed by atoms with van der Waals surface area (Å²) >= 11 is 5.71. The van der Waals surface area contributed by atoms with Gasteiger partial charge in [-0.15, -0.1) is 0 Å². The molecule has 2 aromatic rings. The molecule has 7 heteroatoms. The summed E-state index contributed by atoms with van der Waals surface area (Å²) in [6, 6.07) is 3.05. The SMILES string of the molecule is Nc1nc2cc(Cl)c(F)cc2n1CCC(=O)NC1CC1. The van der Waals surface area contributed by atoms with Gasteiger partial charge in [-0.05, 0) is 18.9 Å².